The van der Waals surface area contributed by atoms with Crippen molar-refractivity contribution in [3.8, 4) is 28.3 Å². The Hall–Kier alpha value is -6.60. The molecule has 10 rings (SSSR count). The van der Waals surface area contributed by atoms with Crippen LogP contribution < -0.4 is 11.1 Å². The van der Waals surface area contributed by atoms with E-state index in [9.17, 15) is 9.59 Å². The Balaban J connectivity index is 1.21. The van der Waals surface area contributed by atoms with Gasteiger partial charge in [-0.15, -0.1) is 0 Å². The van der Waals surface area contributed by atoms with Crippen LogP contribution in [0.5, 0.6) is 0 Å². The third kappa shape index (κ3) is 3.56. The molecule has 7 nitrogen and oxygen atoms in total. The Morgan fingerprint density at radius 1 is 0.404 bits per heavy atom. The SMILES string of the molecule is O=c1c2ccccc2n2c3cc(-c4ccc5c(c4)c4ccccc4n5-c4nc(-c5ccccc5)c5ccccc5n4)ccc3c(=O)n12. The fraction of sp³-hybridized carbons (Fsp3) is 0. The Morgan fingerprint density at radius 3 is 1.85 bits per heavy atom. The van der Waals surface area contributed by atoms with Gasteiger partial charge in [0.05, 0.1) is 44.0 Å². The molecule has 0 aliphatic carbocycles. The van der Waals surface area contributed by atoms with Gasteiger partial charge in [0.25, 0.3) is 11.1 Å². The van der Waals surface area contributed by atoms with Gasteiger partial charge >= 0.3 is 0 Å². The highest BCUT2D eigenvalue weighted by molar-refractivity contribution is 6.10. The molecule has 0 bridgehead atoms. The van der Waals surface area contributed by atoms with Gasteiger partial charge in [0.2, 0.25) is 5.95 Å². The quantitative estimate of drug-likeness (QED) is 0.205. The summed E-state index contributed by atoms with van der Waals surface area (Å²) in [5.74, 6) is 0.606. The number of benzene rings is 6. The molecule has 0 N–H and O–H groups in total. The molecule has 0 saturated carbocycles. The van der Waals surface area contributed by atoms with Crippen LogP contribution in [0.2, 0.25) is 0 Å². The molecule has 4 heterocycles. The Kier molecular flexibility index (Phi) is 5.17. The summed E-state index contributed by atoms with van der Waals surface area (Å²) in [7, 11) is 0. The summed E-state index contributed by atoms with van der Waals surface area (Å²) >= 11 is 0. The third-order valence-electron chi connectivity index (χ3n) is 9.25. The summed E-state index contributed by atoms with van der Waals surface area (Å²) in [4.78, 5) is 36.7. The molecule has 220 valence electrons. The fourth-order valence-corrected chi connectivity index (χ4v) is 7.10. The van der Waals surface area contributed by atoms with Crippen LogP contribution in [-0.2, 0) is 0 Å². The molecule has 0 amide bonds. The van der Waals surface area contributed by atoms with Crippen molar-refractivity contribution < 1.29 is 0 Å². The maximum atomic E-state index is 13.3. The van der Waals surface area contributed by atoms with E-state index in [1.807, 2.05) is 84.9 Å². The first kappa shape index (κ1) is 25.7. The van der Waals surface area contributed by atoms with Gasteiger partial charge in [-0.2, -0.15) is 4.52 Å². The van der Waals surface area contributed by atoms with Crippen molar-refractivity contribution in [1.82, 2.24) is 23.6 Å². The van der Waals surface area contributed by atoms with Crippen molar-refractivity contribution in [2.45, 2.75) is 0 Å². The Labute approximate surface area is 266 Å². The maximum Gasteiger partial charge on any atom is 0.282 e. The molecule has 0 saturated heterocycles. The minimum Gasteiger partial charge on any atom is -0.278 e. The number of aromatic nitrogens is 5. The molecular formula is C40H23N5O2. The van der Waals surface area contributed by atoms with E-state index in [0.29, 0.717) is 27.8 Å². The number of fused-ring (bicyclic) bond motifs is 9. The van der Waals surface area contributed by atoms with Gasteiger partial charge in [-0.25, -0.2) is 14.5 Å². The van der Waals surface area contributed by atoms with E-state index in [4.69, 9.17) is 9.97 Å². The summed E-state index contributed by atoms with van der Waals surface area (Å²) in [6.07, 6.45) is 0. The second kappa shape index (κ2) is 9.45. The predicted molar refractivity (Wildman–Crippen MR) is 188 cm³/mol. The molecule has 0 aliphatic rings. The lowest BCUT2D eigenvalue weighted by atomic mass is 10.0. The molecule has 0 radical (unpaired) electrons. The average Bonchev–Trinajstić information content (AvgIpc) is 3.73. The minimum atomic E-state index is -0.309. The maximum absolute atomic E-state index is 13.3. The van der Waals surface area contributed by atoms with E-state index in [2.05, 4.69) is 53.1 Å². The van der Waals surface area contributed by atoms with Crippen molar-refractivity contribution in [3.05, 3.63) is 160 Å². The fourth-order valence-electron chi connectivity index (χ4n) is 7.10. The molecule has 10 aromatic rings. The minimum absolute atomic E-state index is 0.302. The van der Waals surface area contributed by atoms with E-state index in [1.54, 1.807) is 10.6 Å². The summed E-state index contributed by atoms with van der Waals surface area (Å²) in [6, 6.07) is 46.2. The van der Waals surface area contributed by atoms with Crippen LogP contribution >= 0.6 is 0 Å². The molecule has 0 aliphatic heterocycles. The first-order valence-electron chi connectivity index (χ1n) is 15.4. The van der Waals surface area contributed by atoms with Crippen molar-refractivity contribution >= 4 is 54.5 Å². The highest BCUT2D eigenvalue weighted by Crippen LogP contribution is 2.36. The zero-order chi connectivity index (χ0) is 31.2. The molecule has 0 unspecified atom stereocenters. The summed E-state index contributed by atoms with van der Waals surface area (Å²) in [6.45, 7) is 0. The second-order valence-electron chi connectivity index (χ2n) is 11.8. The summed E-state index contributed by atoms with van der Waals surface area (Å²) in [5, 5.41) is 4.19. The Morgan fingerprint density at radius 2 is 1.02 bits per heavy atom. The van der Waals surface area contributed by atoms with Gasteiger partial charge in [-0.3, -0.25) is 14.2 Å². The third-order valence-corrected chi connectivity index (χ3v) is 9.25. The van der Waals surface area contributed by atoms with E-state index in [0.717, 1.165) is 55.1 Å². The number of para-hydroxylation sites is 3. The molecule has 7 heteroatoms. The Bertz CT molecular complexity index is 3010. The highest BCUT2D eigenvalue weighted by Gasteiger charge is 2.20. The van der Waals surface area contributed by atoms with Crippen LogP contribution in [0.25, 0.3) is 82.8 Å². The smallest absolute Gasteiger partial charge is 0.278 e. The van der Waals surface area contributed by atoms with Gasteiger partial charge in [0.1, 0.15) is 0 Å². The lowest BCUT2D eigenvalue weighted by molar-refractivity contribution is 0.841. The molecule has 47 heavy (non-hydrogen) atoms. The van der Waals surface area contributed by atoms with Crippen LogP contribution in [0.4, 0.5) is 0 Å². The number of nitrogens with zero attached hydrogens (tertiary/aromatic N) is 5. The zero-order valence-corrected chi connectivity index (χ0v) is 24.8. The normalized spacial score (nSPS) is 12.0. The molecule has 0 atom stereocenters. The standard InChI is InChI=1S/C40H23N5O2/c46-38-29-14-6-9-17-35(29)44-36-23-26(18-20-30(36)39(47)45(38)44)25-19-21-34-31(22-25)27-12-5-8-16-33(27)43(34)40-41-32-15-7-4-13-28(32)37(42-40)24-10-2-1-3-11-24/h1-23H. The lowest BCUT2D eigenvalue weighted by Gasteiger charge is -2.12. The van der Waals surface area contributed by atoms with E-state index in [-0.39, 0.29) is 11.1 Å². The van der Waals surface area contributed by atoms with Crippen LogP contribution in [0.1, 0.15) is 0 Å². The molecule has 0 fully saturated rings. The predicted octanol–water partition coefficient (Wildman–Crippen LogP) is 7.88. The van der Waals surface area contributed by atoms with Crippen molar-refractivity contribution in [1.29, 1.82) is 0 Å². The molecule has 0 spiro atoms. The first-order chi connectivity index (χ1) is 23.2. The van der Waals surface area contributed by atoms with Gasteiger partial charge in [0.15, 0.2) is 0 Å². The molecule has 4 aromatic heterocycles. The van der Waals surface area contributed by atoms with E-state index >= 15 is 0 Å². The van der Waals surface area contributed by atoms with Gasteiger partial charge in [-0.05, 0) is 59.7 Å². The van der Waals surface area contributed by atoms with Gasteiger partial charge in [-0.1, -0.05) is 91.0 Å². The van der Waals surface area contributed by atoms with E-state index in [1.165, 1.54) is 4.52 Å². The zero-order valence-electron chi connectivity index (χ0n) is 24.8. The number of hydrogen-bond donors (Lipinski definition) is 0. The van der Waals surface area contributed by atoms with Crippen molar-refractivity contribution in [2.24, 2.45) is 0 Å². The van der Waals surface area contributed by atoms with Crippen molar-refractivity contribution in [3.63, 3.8) is 0 Å². The topological polar surface area (TPSA) is 73.7 Å². The van der Waals surface area contributed by atoms with Crippen molar-refractivity contribution in [2.75, 3.05) is 0 Å². The van der Waals surface area contributed by atoms with Crippen LogP contribution in [0, 0.1) is 0 Å². The molecular weight excluding hydrogens is 582 g/mol. The lowest BCUT2D eigenvalue weighted by Crippen LogP contribution is -2.21. The largest absolute Gasteiger partial charge is 0.282 e. The number of hydrogen-bond acceptors (Lipinski definition) is 4. The first-order valence-corrected chi connectivity index (χ1v) is 15.4. The van der Waals surface area contributed by atoms with Crippen LogP contribution in [-0.4, -0.2) is 23.6 Å². The highest BCUT2D eigenvalue weighted by atomic mass is 16.2. The van der Waals surface area contributed by atoms with E-state index < -0.39 is 0 Å². The van der Waals surface area contributed by atoms with Gasteiger partial charge in [0, 0.05) is 21.7 Å². The monoisotopic (exact) mass is 605 g/mol. The van der Waals surface area contributed by atoms with Crippen LogP contribution in [0.3, 0.4) is 0 Å². The average molecular weight is 606 g/mol. The summed E-state index contributed by atoms with van der Waals surface area (Å²) < 4.78 is 5.12. The summed E-state index contributed by atoms with van der Waals surface area (Å²) in [5.41, 5.74) is 7.55. The van der Waals surface area contributed by atoms with Crippen LogP contribution in [0.15, 0.2) is 149 Å². The number of rotatable bonds is 3. The second-order valence-corrected chi connectivity index (χ2v) is 11.8. The van der Waals surface area contributed by atoms with Gasteiger partial charge < -0.3 is 0 Å². The molecule has 6 aromatic carbocycles.